The lowest BCUT2D eigenvalue weighted by Crippen LogP contribution is -2.54. The number of nitrogens with zero attached hydrogens (tertiary/aromatic N) is 1. The first-order chi connectivity index (χ1) is 16.8. The molecule has 0 spiro atoms. The topological polar surface area (TPSA) is 66.8 Å². The highest BCUT2D eigenvalue weighted by Crippen LogP contribution is 2.60. The van der Waals surface area contributed by atoms with E-state index < -0.39 is 68.7 Å². The SMILES string of the molecule is C=CC1=CC[C@@]2(Cl)C(=O)N(c3c(F)c(F)c(F)c(F)c3F)C(=O)[C@@]2(Cl)[C@H]1c1cc(I)c(O)c(OC)c1. The zero-order valence-corrected chi connectivity index (χ0v) is 21.6. The average Bonchev–Trinajstić information content (AvgIpc) is 3.00. The van der Waals surface area contributed by atoms with E-state index in [1.165, 1.54) is 31.4 Å². The van der Waals surface area contributed by atoms with Gasteiger partial charge in [-0.2, -0.15) is 0 Å². The average molecular weight is 660 g/mol. The molecule has 5 nitrogen and oxygen atoms in total. The molecule has 1 heterocycles. The number of phenolic OH excluding ortho intramolecular Hbond substituents is 1. The number of halogens is 8. The van der Waals surface area contributed by atoms with Crippen LogP contribution in [-0.4, -0.2) is 33.8 Å². The van der Waals surface area contributed by atoms with E-state index in [4.69, 9.17) is 27.9 Å². The second kappa shape index (κ2) is 8.88. The largest absolute Gasteiger partial charge is 0.504 e. The molecule has 4 rings (SSSR count). The molecule has 0 unspecified atom stereocenters. The summed E-state index contributed by atoms with van der Waals surface area (Å²) in [6.07, 6.45) is 2.31. The van der Waals surface area contributed by atoms with Crippen molar-refractivity contribution in [2.45, 2.75) is 22.1 Å². The first-order valence-electron chi connectivity index (χ1n) is 9.95. The van der Waals surface area contributed by atoms with Gasteiger partial charge in [0.1, 0.15) is 5.69 Å². The molecule has 0 saturated carbocycles. The Balaban J connectivity index is 2.01. The number of ether oxygens (including phenoxy) is 1. The van der Waals surface area contributed by atoms with Gasteiger partial charge in [0.05, 0.1) is 10.7 Å². The maximum absolute atomic E-state index is 14.7. The number of benzene rings is 2. The molecule has 190 valence electrons. The summed E-state index contributed by atoms with van der Waals surface area (Å²) in [5, 5.41) is 10.2. The van der Waals surface area contributed by atoms with Crippen LogP contribution < -0.4 is 9.64 Å². The van der Waals surface area contributed by atoms with Crippen molar-refractivity contribution in [3.8, 4) is 11.5 Å². The van der Waals surface area contributed by atoms with Crippen molar-refractivity contribution in [2.24, 2.45) is 0 Å². The van der Waals surface area contributed by atoms with E-state index in [9.17, 15) is 36.6 Å². The molecule has 3 atom stereocenters. The fourth-order valence-electron chi connectivity index (χ4n) is 4.48. The standard InChI is InChI=1S/C23H13Cl2F5INO4/c1-3-8-4-5-22(24)20(34)32(18-16(29)14(27)13(26)15(28)17(18)30)21(35)23(22,25)12(8)9-6-10(31)19(33)11(7-9)36-2/h3-4,6-7,12,33H,1,5H2,2H3/t12-,22-,23+/m1/s1. The third-order valence-corrected chi connectivity index (χ3v) is 8.47. The summed E-state index contributed by atoms with van der Waals surface area (Å²) in [6.45, 7) is 3.67. The number of allylic oxidation sites excluding steroid dienone is 3. The van der Waals surface area contributed by atoms with Crippen LogP contribution in [0.1, 0.15) is 17.9 Å². The highest BCUT2D eigenvalue weighted by molar-refractivity contribution is 14.1. The molecule has 1 N–H and O–H groups in total. The fourth-order valence-corrected chi connectivity index (χ4v) is 5.95. The lowest BCUT2D eigenvalue weighted by molar-refractivity contribution is -0.122. The van der Waals surface area contributed by atoms with Crippen LogP contribution in [0.15, 0.2) is 36.4 Å². The zero-order valence-electron chi connectivity index (χ0n) is 17.9. The Kier molecular flexibility index (Phi) is 6.58. The van der Waals surface area contributed by atoms with Gasteiger partial charge in [-0.25, -0.2) is 26.9 Å². The second-order valence-electron chi connectivity index (χ2n) is 7.98. The number of methoxy groups -OCH3 is 1. The molecular formula is C23H13Cl2F5INO4. The molecule has 0 aromatic heterocycles. The molecule has 2 amide bonds. The number of amides is 2. The van der Waals surface area contributed by atoms with Gasteiger partial charge in [0, 0.05) is 5.92 Å². The number of imide groups is 1. The van der Waals surface area contributed by atoms with Gasteiger partial charge in [-0.05, 0) is 52.3 Å². The number of carbonyl (C=O) groups is 2. The molecule has 13 heteroatoms. The van der Waals surface area contributed by atoms with Crippen LogP contribution in [0.3, 0.4) is 0 Å². The molecule has 1 aliphatic carbocycles. The van der Waals surface area contributed by atoms with Crippen LogP contribution in [0.5, 0.6) is 11.5 Å². The van der Waals surface area contributed by atoms with Gasteiger partial charge < -0.3 is 9.84 Å². The molecule has 2 aromatic rings. The van der Waals surface area contributed by atoms with E-state index >= 15 is 0 Å². The number of phenols is 1. The molecule has 1 aliphatic heterocycles. The van der Waals surface area contributed by atoms with Gasteiger partial charge >= 0.3 is 0 Å². The lowest BCUT2D eigenvalue weighted by Gasteiger charge is -2.42. The predicted molar refractivity (Wildman–Crippen MR) is 129 cm³/mol. The Morgan fingerprint density at radius 1 is 1.08 bits per heavy atom. The Labute approximate surface area is 224 Å². The van der Waals surface area contributed by atoms with Crippen molar-refractivity contribution in [2.75, 3.05) is 12.0 Å². The molecular weight excluding hydrogens is 647 g/mol. The number of alkyl halides is 2. The third-order valence-electron chi connectivity index (χ3n) is 6.23. The Hall–Kier alpha value is -2.38. The first-order valence-corrected chi connectivity index (χ1v) is 11.8. The zero-order chi connectivity index (χ0) is 26.9. The van der Waals surface area contributed by atoms with Crippen LogP contribution in [0.2, 0.25) is 0 Å². The molecule has 1 saturated heterocycles. The minimum absolute atomic E-state index is 0.0280. The number of hydrogen-bond donors (Lipinski definition) is 1. The maximum atomic E-state index is 14.7. The van der Waals surface area contributed by atoms with E-state index in [1.54, 1.807) is 22.6 Å². The van der Waals surface area contributed by atoms with Crippen LogP contribution in [0.25, 0.3) is 0 Å². The van der Waals surface area contributed by atoms with Crippen molar-refractivity contribution in [3.63, 3.8) is 0 Å². The van der Waals surface area contributed by atoms with E-state index in [-0.39, 0.29) is 31.1 Å². The number of fused-ring (bicyclic) bond motifs is 1. The maximum Gasteiger partial charge on any atom is 0.258 e. The Morgan fingerprint density at radius 2 is 1.64 bits per heavy atom. The lowest BCUT2D eigenvalue weighted by atomic mass is 9.68. The highest BCUT2D eigenvalue weighted by Gasteiger charge is 2.73. The Bertz CT molecular complexity index is 1370. The summed E-state index contributed by atoms with van der Waals surface area (Å²) in [6, 6.07) is 2.72. The Morgan fingerprint density at radius 3 is 2.17 bits per heavy atom. The first kappa shape index (κ1) is 26.7. The van der Waals surface area contributed by atoms with E-state index in [0.29, 0.717) is 0 Å². The fraction of sp³-hybridized carbons (Fsp3) is 0.217. The summed E-state index contributed by atoms with van der Waals surface area (Å²) in [4.78, 5) is 22.0. The summed E-state index contributed by atoms with van der Waals surface area (Å²) in [5.41, 5.74) is -1.31. The minimum atomic E-state index is -2.50. The van der Waals surface area contributed by atoms with Gasteiger partial charge in [-0.15, -0.1) is 23.2 Å². The van der Waals surface area contributed by atoms with Crippen molar-refractivity contribution in [1.82, 2.24) is 0 Å². The van der Waals surface area contributed by atoms with E-state index in [1.807, 2.05) is 0 Å². The molecule has 2 aromatic carbocycles. The summed E-state index contributed by atoms with van der Waals surface area (Å²) >= 11 is 15.2. The predicted octanol–water partition coefficient (Wildman–Crippen LogP) is 5.83. The van der Waals surface area contributed by atoms with Crippen molar-refractivity contribution >= 4 is 63.3 Å². The quantitative estimate of drug-likeness (QED) is 0.112. The van der Waals surface area contributed by atoms with Crippen molar-refractivity contribution in [3.05, 3.63) is 74.7 Å². The van der Waals surface area contributed by atoms with Gasteiger partial charge in [0.15, 0.2) is 44.5 Å². The van der Waals surface area contributed by atoms with Gasteiger partial charge in [0.2, 0.25) is 5.82 Å². The van der Waals surface area contributed by atoms with Gasteiger partial charge in [-0.3, -0.25) is 9.59 Å². The van der Waals surface area contributed by atoms with Crippen LogP contribution in [0.4, 0.5) is 27.6 Å². The number of aromatic hydroxyl groups is 1. The minimum Gasteiger partial charge on any atom is -0.504 e. The van der Waals surface area contributed by atoms with Crippen molar-refractivity contribution in [1.29, 1.82) is 0 Å². The monoisotopic (exact) mass is 659 g/mol. The van der Waals surface area contributed by atoms with Gasteiger partial charge in [0.25, 0.3) is 11.8 Å². The second-order valence-corrected chi connectivity index (χ2v) is 10.4. The molecule has 36 heavy (non-hydrogen) atoms. The molecule has 0 bridgehead atoms. The van der Waals surface area contributed by atoms with E-state index in [2.05, 4.69) is 6.58 Å². The van der Waals surface area contributed by atoms with Gasteiger partial charge in [-0.1, -0.05) is 18.7 Å². The van der Waals surface area contributed by atoms with Crippen LogP contribution in [0, 0.1) is 32.7 Å². The summed E-state index contributed by atoms with van der Waals surface area (Å²) in [5.74, 6) is -16.5. The third kappa shape index (κ3) is 3.31. The number of rotatable bonds is 4. The van der Waals surface area contributed by atoms with Crippen LogP contribution >= 0.6 is 45.8 Å². The van der Waals surface area contributed by atoms with Crippen LogP contribution in [-0.2, 0) is 9.59 Å². The molecule has 2 aliphatic rings. The number of anilines is 1. The van der Waals surface area contributed by atoms with E-state index in [0.717, 1.165) is 0 Å². The summed E-state index contributed by atoms with van der Waals surface area (Å²) in [7, 11) is 1.26. The molecule has 1 fully saturated rings. The highest BCUT2D eigenvalue weighted by atomic mass is 127. The smallest absolute Gasteiger partial charge is 0.258 e. The van der Waals surface area contributed by atoms with Crippen molar-refractivity contribution < 1.29 is 41.4 Å². The molecule has 0 radical (unpaired) electrons. The summed E-state index contributed by atoms with van der Waals surface area (Å²) < 4.78 is 76.3. The normalized spacial score (nSPS) is 25.6. The number of hydrogen-bond acceptors (Lipinski definition) is 4. The number of carbonyl (C=O) groups excluding carboxylic acids is 2.